The molecule has 9 nitrogen and oxygen atoms in total. The summed E-state index contributed by atoms with van der Waals surface area (Å²) in [6, 6.07) is 3.79. The number of carbonyl (C=O) groups excluding carboxylic acids is 1. The smallest absolute Gasteiger partial charge is 0.261 e. The maximum atomic E-state index is 13.4. The van der Waals surface area contributed by atoms with E-state index < -0.39 is 17.3 Å². The third kappa shape index (κ3) is 3.57. The summed E-state index contributed by atoms with van der Waals surface area (Å²) in [7, 11) is 0. The third-order valence-electron chi connectivity index (χ3n) is 5.60. The van der Waals surface area contributed by atoms with Gasteiger partial charge in [0.2, 0.25) is 0 Å². The molecule has 2 aromatic heterocycles. The van der Waals surface area contributed by atoms with Crippen LogP contribution in [0.5, 0.6) is 5.75 Å². The van der Waals surface area contributed by atoms with Gasteiger partial charge in [-0.3, -0.25) is 4.79 Å². The van der Waals surface area contributed by atoms with E-state index in [0.29, 0.717) is 44.2 Å². The summed E-state index contributed by atoms with van der Waals surface area (Å²) in [5.41, 5.74) is 2.16. The first-order valence-electron chi connectivity index (χ1n) is 10.1. The number of nitrogens with zero attached hydrogens (tertiary/aromatic N) is 4. The number of rotatable bonds is 4. The highest BCUT2D eigenvalue weighted by Crippen LogP contribution is 2.42. The van der Waals surface area contributed by atoms with Crippen molar-refractivity contribution in [3.8, 4) is 5.75 Å². The van der Waals surface area contributed by atoms with Crippen LogP contribution in [0.1, 0.15) is 22.8 Å². The summed E-state index contributed by atoms with van der Waals surface area (Å²) in [6.07, 6.45) is 4.11. The number of carbonyl (C=O) groups is 1. The molecule has 0 spiro atoms. The molecule has 3 aromatic rings. The molecule has 1 amide bonds. The number of aliphatic hydroxyl groups is 1. The Hall–Kier alpha value is -3.24. The third-order valence-corrected chi connectivity index (χ3v) is 5.60. The Morgan fingerprint density at radius 2 is 2.13 bits per heavy atom. The van der Waals surface area contributed by atoms with Gasteiger partial charge in [0.1, 0.15) is 16.9 Å². The van der Waals surface area contributed by atoms with Crippen LogP contribution in [0.3, 0.4) is 0 Å². The van der Waals surface area contributed by atoms with Gasteiger partial charge in [0.05, 0.1) is 49.8 Å². The maximum absolute atomic E-state index is 13.4. The monoisotopic (exact) mass is 427 g/mol. The summed E-state index contributed by atoms with van der Waals surface area (Å²) in [4.78, 5) is 19.2. The van der Waals surface area contributed by atoms with Crippen molar-refractivity contribution >= 4 is 22.9 Å². The van der Waals surface area contributed by atoms with E-state index in [2.05, 4.69) is 20.3 Å². The number of anilines is 2. The van der Waals surface area contributed by atoms with Crippen LogP contribution in [0.4, 0.5) is 15.8 Å². The van der Waals surface area contributed by atoms with Gasteiger partial charge in [-0.25, -0.2) is 13.9 Å². The Morgan fingerprint density at radius 3 is 2.90 bits per heavy atom. The number of aliphatic hydroxyl groups excluding tert-OH is 1. The van der Waals surface area contributed by atoms with Crippen LogP contribution in [0, 0.1) is 5.82 Å². The zero-order valence-corrected chi connectivity index (χ0v) is 17.0. The van der Waals surface area contributed by atoms with Gasteiger partial charge in [-0.15, -0.1) is 0 Å². The standard InChI is InChI=1S/C21H22FN5O4/c1-21(12-28)8-13-6-16(17(7-18(13)31-21)26-2-4-30-5-3-26)25-20(29)15-10-24-27-11-14(22)9-23-19(15)27/h6-7,9-11,28H,2-5,8,12H2,1H3,(H,25,29)/t21-/m1/s1. The van der Waals surface area contributed by atoms with Crippen LogP contribution >= 0.6 is 0 Å². The van der Waals surface area contributed by atoms with Gasteiger partial charge in [0.15, 0.2) is 11.5 Å². The summed E-state index contributed by atoms with van der Waals surface area (Å²) in [6.45, 7) is 4.27. The molecule has 1 fully saturated rings. The molecule has 2 N–H and O–H groups in total. The van der Waals surface area contributed by atoms with Crippen LogP contribution in [-0.2, 0) is 11.2 Å². The van der Waals surface area contributed by atoms with Crippen molar-refractivity contribution in [1.82, 2.24) is 14.6 Å². The lowest BCUT2D eigenvalue weighted by Gasteiger charge is -2.31. The van der Waals surface area contributed by atoms with Crippen molar-refractivity contribution in [3.05, 3.63) is 47.7 Å². The van der Waals surface area contributed by atoms with E-state index >= 15 is 0 Å². The molecule has 1 atom stereocenters. The fraction of sp³-hybridized carbons (Fsp3) is 0.381. The maximum Gasteiger partial charge on any atom is 0.261 e. The van der Waals surface area contributed by atoms with E-state index in [0.717, 1.165) is 17.4 Å². The molecular weight excluding hydrogens is 405 g/mol. The first kappa shape index (κ1) is 19.7. The number of hydrogen-bond donors (Lipinski definition) is 2. The quantitative estimate of drug-likeness (QED) is 0.653. The minimum atomic E-state index is -0.691. The average Bonchev–Trinajstić information content (AvgIpc) is 3.33. The predicted molar refractivity (Wildman–Crippen MR) is 110 cm³/mol. The van der Waals surface area contributed by atoms with E-state index in [4.69, 9.17) is 9.47 Å². The molecule has 2 aliphatic heterocycles. The van der Waals surface area contributed by atoms with Crippen LogP contribution in [0.2, 0.25) is 0 Å². The molecule has 0 aliphatic carbocycles. The molecule has 1 saturated heterocycles. The summed E-state index contributed by atoms with van der Waals surface area (Å²) in [5.74, 6) is -0.237. The molecule has 0 radical (unpaired) electrons. The van der Waals surface area contributed by atoms with Crippen molar-refractivity contribution < 1.29 is 23.8 Å². The molecule has 2 aliphatic rings. The van der Waals surface area contributed by atoms with Gasteiger partial charge in [-0.1, -0.05) is 0 Å². The molecular formula is C21H22FN5O4. The topological polar surface area (TPSA) is 101 Å². The number of amides is 1. The number of fused-ring (bicyclic) bond motifs is 2. The SMILES string of the molecule is C[C@]1(CO)Cc2cc(NC(=O)c3cnn4cc(F)cnc34)c(N3CCOCC3)cc2O1. The second-order valence-electron chi connectivity index (χ2n) is 8.02. The molecule has 4 heterocycles. The Balaban J connectivity index is 1.51. The normalized spacial score (nSPS) is 20.5. The summed E-state index contributed by atoms with van der Waals surface area (Å²) in [5, 5.41) is 16.7. The second kappa shape index (κ2) is 7.47. The molecule has 0 saturated carbocycles. The van der Waals surface area contributed by atoms with E-state index in [1.165, 1.54) is 16.9 Å². The van der Waals surface area contributed by atoms with Crippen LogP contribution < -0.4 is 15.0 Å². The molecule has 0 unspecified atom stereocenters. The molecule has 162 valence electrons. The van der Waals surface area contributed by atoms with E-state index in [1.807, 2.05) is 19.1 Å². The van der Waals surface area contributed by atoms with Gasteiger partial charge in [-0.2, -0.15) is 5.10 Å². The van der Waals surface area contributed by atoms with Crippen molar-refractivity contribution in [2.45, 2.75) is 18.9 Å². The fourth-order valence-electron chi connectivity index (χ4n) is 4.01. The highest BCUT2D eigenvalue weighted by Gasteiger charge is 2.35. The van der Waals surface area contributed by atoms with Gasteiger partial charge < -0.3 is 24.8 Å². The lowest BCUT2D eigenvalue weighted by atomic mass is 9.99. The molecule has 31 heavy (non-hydrogen) atoms. The van der Waals surface area contributed by atoms with Gasteiger partial charge >= 0.3 is 0 Å². The van der Waals surface area contributed by atoms with E-state index in [1.54, 1.807) is 0 Å². The molecule has 0 bridgehead atoms. The van der Waals surface area contributed by atoms with E-state index in [-0.39, 0.29) is 17.8 Å². The average molecular weight is 427 g/mol. The minimum Gasteiger partial charge on any atom is -0.484 e. The zero-order valence-electron chi connectivity index (χ0n) is 17.0. The van der Waals surface area contributed by atoms with E-state index in [9.17, 15) is 14.3 Å². The van der Waals surface area contributed by atoms with Gasteiger partial charge in [0, 0.05) is 31.1 Å². The number of hydrogen-bond acceptors (Lipinski definition) is 7. The molecule has 10 heteroatoms. The highest BCUT2D eigenvalue weighted by atomic mass is 19.1. The fourth-order valence-corrected chi connectivity index (χ4v) is 4.01. The minimum absolute atomic E-state index is 0.110. The number of morpholine rings is 1. The Morgan fingerprint density at radius 1 is 1.32 bits per heavy atom. The van der Waals surface area contributed by atoms with Crippen LogP contribution in [-0.4, -0.2) is 64.1 Å². The zero-order chi connectivity index (χ0) is 21.6. The Bertz CT molecular complexity index is 1160. The molecule has 5 rings (SSSR count). The second-order valence-corrected chi connectivity index (χ2v) is 8.02. The van der Waals surface area contributed by atoms with Crippen LogP contribution in [0.15, 0.2) is 30.7 Å². The highest BCUT2D eigenvalue weighted by molar-refractivity contribution is 6.09. The van der Waals surface area contributed by atoms with Crippen molar-refractivity contribution in [2.24, 2.45) is 0 Å². The number of benzene rings is 1. The summed E-state index contributed by atoms with van der Waals surface area (Å²) >= 11 is 0. The van der Waals surface area contributed by atoms with Gasteiger partial charge in [-0.05, 0) is 13.0 Å². The Kier molecular flexibility index (Phi) is 4.75. The number of ether oxygens (including phenoxy) is 2. The largest absolute Gasteiger partial charge is 0.484 e. The lowest BCUT2D eigenvalue weighted by Crippen LogP contribution is -2.36. The Labute approximate surface area is 177 Å². The number of aromatic nitrogens is 3. The molecule has 1 aromatic carbocycles. The van der Waals surface area contributed by atoms with Gasteiger partial charge in [0.25, 0.3) is 5.91 Å². The first-order valence-corrected chi connectivity index (χ1v) is 10.1. The summed E-state index contributed by atoms with van der Waals surface area (Å²) < 4.78 is 26.1. The number of nitrogens with one attached hydrogen (secondary N) is 1. The lowest BCUT2D eigenvalue weighted by molar-refractivity contribution is 0.0446. The van der Waals surface area contributed by atoms with Crippen molar-refractivity contribution in [3.63, 3.8) is 0 Å². The van der Waals surface area contributed by atoms with Crippen molar-refractivity contribution in [1.29, 1.82) is 0 Å². The van der Waals surface area contributed by atoms with Crippen molar-refractivity contribution in [2.75, 3.05) is 43.1 Å². The first-order chi connectivity index (χ1) is 15.0. The van der Waals surface area contributed by atoms with Crippen LogP contribution in [0.25, 0.3) is 5.65 Å². The predicted octanol–water partition coefficient (Wildman–Crippen LogP) is 1.64. The number of halogens is 1.